The molecule has 0 aliphatic heterocycles. The fraction of sp³-hybridized carbons (Fsp3) is 0.462. The summed E-state index contributed by atoms with van der Waals surface area (Å²) in [4.78, 5) is 15.8. The summed E-state index contributed by atoms with van der Waals surface area (Å²) in [6.45, 7) is 1.36. The highest BCUT2D eigenvalue weighted by atomic mass is 79.9. The molecule has 20 heavy (non-hydrogen) atoms. The zero-order valence-electron chi connectivity index (χ0n) is 10.6. The van der Waals surface area contributed by atoms with Gasteiger partial charge in [0, 0.05) is 38.3 Å². The van der Waals surface area contributed by atoms with Gasteiger partial charge in [0.1, 0.15) is 0 Å². The van der Waals surface area contributed by atoms with Crippen LogP contribution in [-0.4, -0.2) is 43.5 Å². The highest BCUT2D eigenvalue weighted by molar-refractivity contribution is 9.12. The Balaban J connectivity index is 2.67. The lowest BCUT2D eigenvalue weighted by molar-refractivity contribution is 0.225. The fourth-order valence-corrected chi connectivity index (χ4v) is 3.33. The summed E-state index contributed by atoms with van der Waals surface area (Å²) < 4.78 is 0. The number of hydrogen-bond acceptors (Lipinski definition) is 2. The molecule has 1 rings (SSSR count). The van der Waals surface area contributed by atoms with Gasteiger partial charge in [-0.15, -0.1) is 0 Å². The monoisotopic (exact) mass is 549 g/mol. The number of nitrogens with zero attached hydrogens (tertiary/aromatic N) is 1. The van der Waals surface area contributed by atoms with Crippen molar-refractivity contribution in [1.29, 1.82) is 0 Å². The van der Waals surface area contributed by atoms with E-state index in [9.17, 15) is 4.79 Å². The molecule has 7 heteroatoms. The predicted molar refractivity (Wildman–Crippen MR) is 102 cm³/mol. The number of rotatable bonds is 7. The molecule has 1 amide bonds. The van der Waals surface area contributed by atoms with Gasteiger partial charge in [-0.1, -0.05) is 81.9 Å². The van der Waals surface area contributed by atoms with Gasteiger partial charge in [-0.05, 0) is 23.9 Å². The lowest BCUT2D eigenvalue weighted by atomic mass is 10.4. The second-order valence-electron chi connectivity index (χ2n) is 4.09. The van der Waals surface area contributed by atoms with Gasteiger partial charge in [0.2, 0.25) is 0 Å². The van der Waals surface area contributed by atoms with Gasteiger partial charge in [-0.25, -0.2) is 0 Å². The van der Waals surface area contributed by atoms with E-state index in [0.29, 0.717) is 13.1 Å². The van der Waals surface area contributed by atoms with E-state index in [1.807, 2.05) is 35.2 Å². The van der Waals surface area contributed by atoms with Crippen LogP contribution in [0, 0.1) is 0 Å². The van der Waals surface area contributed by atoms with E-state index >= 15 is 0 Å². The first-order valence-electron chi connectivity index (χ1n) is 5.98. The molecule has 0 bridgehead atoms. The van der Waals surface area contributed by atoms with Gasteiger partial charge in [0.05, 0.1) is 0 Å². The van der Waals surface area contributed by atoms with Crippen LogP contribution in [0.3, 0.4) is 0 Å². The van der Waals surface area contributed by atoms with Gasteiger partial charge in [-0.3, -0.25) is 4.79 Å². The summed E-state index contributed by atoms with van der Waals surface area (Å²) in [7, 11) is 0. The quantitative estimate of drug-likeness (QED) is 0.328. The van der Waals surface area contributed by atoms with Crippen molar-refractivity contribution in [2.24, 2.45) is 0 Å². The fourth-order valence-electron chi connectivity index (χ4n) is 1.45. The molecule has 0 saturated heterocycles. The minimum absolute atomic E-state index is 0.0759. The van der Waals surface area contributed by atoms with E-state index in [4.69, 9.17) is 0 Å². The maximum atomic E-state index is 12.4. The molecule has 112 valence electrons. The molecule has 0 radical (unpaired) electrons. The van der Waals surface area contributed by atoms with Crippen molar-refractivity contribution in [2.75, 3.05) is 23.7 Å². The van der Waals surface area contributed by atoms with E-state index < -0.39 is 0 Å². The Bertz CT molecular complexity index is 395. The third kappa shape index (κ3) is 7.29. The van der Waals surface area contributed by atoms with Gasteiger partial charge < -0.3 is 4.90 Å². The molecule has 1 aromatic rings. The first-order chi connectivity index (χ1) is 9.56. The van der Waals surface area contributed by atoms with Crippen molar-refractivity contribution in [3.05, 3.63) is 30.3 Å². The van der Waals surface area contributed by atoms with Crippen molar-refractivity contribution in [3.63, 3.8) is 0 Å². The van der Waals surface area contributed by atoms with E-state index in [0.717, 1.165) is 15.6 Å². The molecule has 2 nitrogen and oxygen atoms in total. The molecule has 2 unspecified atom stereocenters. The number of hydrogen-bond donors (Lipinski definition) is 0. The lowest BCUT2D eigenvalue weighted by Crippen LogP contribution is -2.38. The summed E-state index contributed by atoms with van der Waals surface area (Å²) in [6.07, 6.45) is 0. The number of amides is 1. The van der Waals surface area contributed by atoms with Crippen LogP contribution in [-0.2, 0) is 0 Å². The molecule has 0 aliphatic carbocycles. The molecule has 1 aromatic carbocycles. The average molecular weight is 553 g/mol. The van der Waals surface area contributed by atoms with E-state index in [-0.39, 0.29) is 14.9 Å². The normalized spacial score (nSPS) is 13.8. The van der Waals surface area contributed by atoms with Crippen molar-refractivity contribution >= 4 is 80.7 Å². The molecule has 0 heterocycles. The Morgan fingerprint density at radius 2 is 1.55 bits per heavy atom. The number of carbonyl (C=O) groups is 1. The van der Waals surface area contributed by atoms with Crippen molar-refractivity contribution in [2.45, 2.75) is 14.5 Å². The SMILES string of the molecule is O=C(Sc1ccccc1)N(CC(Br)CBr)CC(Br)CBr. The maximum absolute atomic E-state index is 12.4. The highest BCUT2D eigenvalue weighted by Gasteiger charge is 2.20. The molecular weight excluding hydrogens is 538 g/mol. The van der Waals surface area contributed by atoms with Crippen LogP contribution in [0.25, 0.3) is 0 Å². The molecule has 2 atom stereocenters. The van der Waals surface area contributed by atoms with E-state index in [2.05, 4.69) is 63.7 Å². The van der Waals surface area contributed by atoms with Gasteiger partial charge in [0.25, 0.3) is 5.24 Å². The van der Waals surface area contributed by atoms with Crippen LogP contribution in [0.2, 0.25) is 0 Å². The van der Waals surface area contributed by atoms with Crippen LogP contribution in [0.5, 0.6) is 0 Å². The molecule has 0 N–H and O–H groups in total. The van der Waals surface area contributed by atoms with E-state index in [1.165, 1.54) is 11.8 Å². The molecule has 0 aromatic heterocycles. The highest BCUT2D eigenvalue weighted by Crippen LogP contribution is 2.23. The summed E-state index contributed by atoms with van der Waals surface area (Å²) in [5.41, 5.74) is 0. The Kier molecular flexibility index (Phi) is 10.1. The van der Waals surface area contributed by atoms with Gasteiger partial charge in [0.15, 0.2) is 0 Å². The number of carbonyl (C=O) groups excluding carboxylic acids is 1. The predicted octanol–water partition coefficient (Wildman–Crippen LogP) is 5.52. The smallest absolute Gasteiger partial charge is 0.286 e. The molecule has 0 saturated carbocycles. The van der Waals surface area contributed by atoms with Crippen molar-refractivity contribution in [1.82, 2.24) is 4.90 Å². The van der Waals surface area contributed by atoms with Crippen LogP contribution in [0.4, 0.5) is 4.79 Å². The molecule has 0 fully saturated rings. The molecule has 0 aliphatic rings. The third-order valence-electron chi connectivity index (χ3n) is 2.38. The Hall–Kier alpha value is 0.960. The third-order valence-corrected chi connectivity index (χ3v) is 7.85. The maximum Gasteiger partial charge on any atom is 0.286 e. The minimum Gasteiger partial charge on any atom is -0.331 e. The number of benzene rings is 1. The number of halogens is 4. The summed E-state index contributed by atoms with van der Waals surface area (Å²) in [5, 5.41) is 1.70. The first kappa shape index (κ1) is 19.0. The zero-order valence-corrected chi connectivity index (χ0v) is 17.8. The standard InChI is InChI=1S/C13H15Br4NOS/c14-6-10(16)8-18(9-11(17)7-15)13(19)20-12-4-2-1-3-5-12/h1-5,10-11H,6-9H2. The lowest BCUT2D eigenvalue weighted by Gasteiger charge is -2.26. The first-order valence-corrected chi connectivity index (χ1v) is 10.9. The zero-order chi connectivity index (χ0) is 15.0. The van der Waals surface area contributed by atoms with Crippen LogP contribution >= 0.6 is 75.5 Å². The molecule has 0 spiro atoms. The number of thioether (sulfide) groups is 1. The summed E-state index contributed by atoms with van der Waals surface area (Å²) in [6, 6.07) is 9.74. The average Bonchev–Trinajstić information content (AvgIpc) is 2.47. The Labute approximate surface area is 158 Å². The summed E-state index contributed by atoms with van der Waals surface area (Å²) in [5.74, 6) is 0. The van der Waals surface area contributed by atoms with Gasteiger partial charge >= 0.3 is 0 Å². The topological polar surface area (TPSA) is 20.3 Å². The van der Waals surface area contributed by atoms with Crippen molar-refractivity contribution < 1.29 is 4.79 Å². The number of alkyl halides is 4. The summed E-state index contributed by atoms with van der Waals surface area (Å²) >= 11 is 15.3. The minimum atomic E-state index is 0.0759. The van der Waals surface area contributed by atoms with Crippen LogP contribution in [0.15, 0.2) is 35.2 Å². The Morgan fingerprint density at radius 1 is 1.05 bits per heavy atom. The van der Waals surface area contributed by atoms with Crippen molar-refractivity contribution in [3.8, 4) is 0 Å². The van der Waals surface area contributed by atoms with Crippen LogP contribution < -0.4 is 0 Å². The van der Waals surface area contributed by atoms with E-state index in [1.54, 1.807) is 0 Å². The second-order valence-corrected chi connectivity index (χ2v) is 9.00. The van der Waals surface area contributed by atoms with Crippen LogP contribution in [0.1, 0.15) is 0 Å². The van der Waals surface area contributed by atoms with Gasteiger partial charge in [-0.2, -0.15) is 0 Å². The largest absolute Gasteiger partial charge is 0.331 e. The second kappa shape index (κ2) is 10.6. The molecular formula is C13H15Br4NOS. The Morgan fingerprint density at radius 3 is 2.00 bits per heavy atom.